The van der Waals surface area contributed by atoms with Gasteiger partial charge in [-0.05, 0) is 46.5 Å². The molecule has 2 rings (SSSR count). The SMILES string of the molecule is CC(C)(C)OC(=O)NC1CCC(n2c(O)csc2=O)CC1. The first-order valence-electron chi connectivity index (χ1n) is 7.15. The number of alkyl carbamates (subject to hydrolysis) is 1. The third kappa shape index (κ3) is 4.23. The molecule has 118 valence electrons. The molecular weight excluding hydrogens is 292 g/mol. The number of nitrogens with one attached hydrogen (secondary N) is 1. The lowest BCUT2D eigenvalue weighted by Crippen LogP contribution is -2.41. The molecule has 0 aromatic carbocycles. The Morgan fingerprint density at radius 1 is 1.38 bits per heavy atom. The number of hydrogen-bond acceptors (Lipinski definition) is 5. The van der Waals surface area contributed by atoms with Gasteiger partial charge >= 0.3 is 11.0 Å². The second kappa shape index (κ2) is 6.09. The first-order chi connectivity index (χ1) is 9.76. The highest BCUT2D eigenvalue weighted by Crippen LogP contribution is 2.31. The van der Waals surface area contributed by atoms with Crippen LogP contribution in [0.4, 0.5) is 4.79 Å². The minimum Gasteiger partial charge on any atom is -0.494 e. The van der Waals surface area contributed by atoms with Crippen molar-refractivity contribution in [3.05, 3.63) is 15.0 Å². The molecule has 0 saturated heterocycles. The number of ether oxygens (including phenoxy) is 1. The molecule has 1 amide bonds. The Hall–Kier alpha value is -1.50. The van der Waals surface area contributed by atoms with Crippen LogP contribution in [0, 0.1) is 0 Å². The van der Waals surface area contributed by atoms with E-state index in [-0.39, 0.29) is 22.8 Å². The van der Waals surface area contributed by atoms with Crippen molar-refractivity contribution >= 4 is 17.4 Å². The Balaban J connectivity index is 1.87. The summed E-state index contributed by atoms with van der Waals surface area (Å²) in [5.74, 6) is 0.0357. The molecule has 0 bridgehead atoms. The number of aromatic hydroxyl groups is 1. The molecule has 0 spiro atoms. The van der Waals surface area contributed by atoms with E-state index >= 15 is 0 Å². The van der Waals surface area contributed by atoms with Gasteiger partial charge in [0.05, 0.1) is 5.38 Å². The third-order valence-electron chi connectivity index (χ3n) is 3.49. The van der Waals surface area contributed by atoms with E-state index in [0.717, 1.165) is 37.0 Å². The molecule has 1 aliphatic carbocycles. The minimum absolute atomic E-state index is 0.0143. The van der Waals surface area contributed by atoms with Gasteiger partial charge in [0.15, 0.2) is 0 Å². The first-order valence-corrected chi connectivity index (χ1v) is 8.03. The maximum absolute atomic E-state index is 11.7. The molecule has 2 N–H and O–H groups in total. The second-order valence-electron chi connectivity index (χ2n) is 6.38. The summed E-state index contributed by atoms with van der Waals surface area (Å²) < 4.78 is 6.69. The lowest BCUT2D eigenvalue weighted by Gasteiger charge is -2.30. The van der Waals surface area contributed by atoms with Crippen LogP contribution >= 0.6 is 11.3 Å². The lowest BCUT2D eigenvalue weighted by molar-refractivity contribution is 0.0487. The summed E-state index contributed by atoms with van der Waals surface area (Å²) in [6.07, 6.45) is 2.65. The zero-order valence-electron chi connectivity index (χ0n) is 12.6. The van der Waals surface area contributed by atoms with Gasteiger partial charge in [-0.25, -0.2) is 4.79 Å². The molecule has 1 saturated carbocycles. The van der Waals surface area contributed by atoms with Crippen molar-refractivity contribution in [2.75, 3.05) is 0 Å². The number of carbonyl (C=O) groups excluding carboxylic acids is 1. The van der Waals surface area contributed by atoms with Crippen LogP contribution in [0.25, 0.3) is 0 Å². The summed E-state index contributed by atoms with van der Waals surface area (Å²) in [5, 5.41) is 14.0. The molecule has 0 atom stereocenters. The standard InChI is InChI=1S/C14H22N2O4S/c1-14(2,3)20-12(18)15-9-4-6-10(7-5-9)16-11(17)8-21-13(16)19/h8-10,17H,4-7H2,1-3H3,(H,15,18). The van der Waals surface area contributed by atoms with Gasteiger partial charge in [-0.1, -0.05) is 11.3 Å². The van der Waals surface area contributed by atoms with Crippen LogP contribution in [0.15, 0.2) is 10.2 Å². The third-order valence-corrected chi connectivity index (χ3v) is 4.22. The van der Waals surface area contributed by atoms with Crippen molar-refractivity contribution in [3.8, 4) is 5.88 Å². The molecule has 1 aromatic heterocycles. The van der Waals surface area contributed by atoms with Crippen LogP contribution in [0.1, 0.15) is 52.5 Å². The van der Waals surface area contributed by atoms with E-state index in [0.29, 0.717) is 0 Å². The highest BCUT2D eigenvalue weighted by molar-refractivity contribution is 7.07. The Labute approximate surface area is 127 Å². The Morgan fingerprint density at radius 2 is 2.00 bits per heavy atom. The molecule has 7 heteroatoms. The molecule has 0 aliphatic heterocycles. The fourth-order valence-corrected chi connectivity index (χ4v) is 3.27. The molecule has 0 radical (unpaired) electrons. The van der Waals surface area contributed by atoms with Crippen LogP contribution in [0.2, 0.25) is 0 Å². The molecule has 6 nitrogen and oxygen atoms in total. The fraction of sp³-hybridized carbons (Fsp3) is 0.714. The van der Waals surface area contributed by atoms with Crippen molar-refractivity contribution in [3.63, 3.8) is 0 Å². The van der Waals surface area contributed by atoms with Gasteiger partial charge in [0, 0.05) is 12.1 Å². The molecule has 1 fully saturated rings. The molecule has 1 aliphatic rings. The van der Waals surface area contributed by atoms with E-state index in [1.807, 2.05) is 20.8 Å². The van der Waals surface area contributed by atoms with Crippen LogP contribution in [0.3, 0.4) is 0 Å². The highest BCUT2D eigenvalue weighted by atomic mass is 32.1. The normalized spacial score (nSPS) is 22.8. The summed E-state index contributed by atoms with van der Waals surface area (Å²) in [7, 11) is 0. The summed E-state index contributed by atoms with van der Waals surface area (Å²) in [5.41, 5.74) is -0.503. The summed E-state index contributed by atoms with van der Waals surface area (Å²) >= 11 is 1.01. The van der Waals surface area contributed by atoms with E-state index < -0.39 is 11.7 Å². The molecule has 0 unspecified atom stereocenters. The van der Waals surface area contributed by atoms with Gasteiger partial charge in [-0.3, -0.25) is 9.36 Å². The van der Waals surface area contributed by atoms with Crippen molar-refractivity contribution in [1.29, 1.82) is 0 Å². The Bertz CT molecular complexity index is 550. The summed E-state index contributed by atoms with van der Waals surface area (Å²) in [4.78, 5) is 23.3. The Kier molecular flexibility index (Phi) is 4.61. The van der Waals surface area contributed by atoms with E-state index in [1.54, 1.807) is 0 Å². The highest BCUT2D eigenvalue weighted by Gasteiger charge is 2.27. The Morgan fingerprint density at radius 3 is 2.48 bits per heavy atom. The molecule has 1 heterocycles. The van der Waals surface area contributed by atoms with Gasteiger partial charge in [0.2, 0.25) is 5.88 Å². The van der Waals surface area contributed by atoms with Crippen LogP contribution in [0.5, 0.6) is 5.88 Å². The average molecular weight is 314 g/mol. The van der Waals surface area contributed by atoms with Crippen molar-refractivity contribution in [2.24, 2.45) is 0 Å². The van der Waals surface area contributed by atoms with Crippen molar-refractivity contribution in [1.82, 2.24) is 9.88 Å². The minimum atomic E-state index is -0.503. The van der Waals surface area contributed by atoms with Crippen LogP contribution in [-0.2, 0) is 4.74 Å². The van der Waals surface area contributed by atoms with Crippen LogP contribution < -0.4 is 10.2 Å². The monoisotopic (exact) mass is 314 g/mol. The number of carbonyl (C=O) groups is 1. The zero-order valence-corrected chi connectivity index (χ0v) is 13.4. The predicted molar refractivity (Wildman–Crippen MR) is 80.9 cm³/mol. The topological polar surface area (TPSA) is 80.6 Å². The molecular formula is C14H22N2O4S. The van der Waals surface area contributed by atoms with Crippen molar-refractivity contribution in [2.45, 2.75) is 64.1 Å². The average Bonchev–Trinajstić information content (AvgIpc) is 2.68. The summed E-state index contributed by atoms with van der Waals surface area (Å²) in [6, 6.07) is 0.0769. The fourth-order valence-electron chi connectivity index (χ4n) is 2.60. The van der Waals surface area contributed by atoms with E-state index in [2.05, 4.69) is 5.32 Å². The smallest absolute Gasteiger partial charge is 0.407 e. The van der Waals surface area contributed by atoms with Gasteiger partial charge < -0.3 is 15.2 Å². The quantitative estimate of drug-likeness (QED) is 0.879. The number of hydrogen-bond donors (Lipinski definition) is 2. The molecule has 21 heavy (non-hydrogen) atoms. The van der Waals surface area contributed by atoms with E-state index in [1.165, 1.54) is 9.95 Å². The van der Waals surface area contributed by atoms with Gasteiger partial charge in [-0.2, -0.15) is 0 Å². The maximum atomic E-state index is 11.7. The number of rotatable bonds is 2. The van der Waals surface area contributed by atoms with Gasteiger partial charge in [-0.15, -0.1) is 0 Å². The predicted octanol–water partition coefficient (Wildman–Crippen LogP) is 2.62. The molecule has 1 aromatic rings. The summed E-state index contributed by atoms with van der Waals surface area (Å²) in [6.45, 7) is 5.49. The second-order valence-corrected chi connectivity index (χ2v) is 7.20. The maximum Gasteiger partial charge on any atom is 0.407 e. The lowest BCUT2D eigenvalue weighted by atomic mass is 9.91. The van der Waals surface area contributed by atoms with E-state index in [9.17, 15) is 14.7 Å². The van der Waals surface area contributed by atoms with Crippen LogP contribution in [-0.4, -0.2) is 27.4 Å². The van der Waals surface area contributed by atoms with Gasteiger partial charge in [0.25, 0.3) is 0 Å². The number of aromatic nitrogens is 1. The number of nitrogens with zero attached hydrogens (tertiary/aromatic N) is 1. The van der Waals surface area contributed by atoms with Crippen molar-refractivity contribution < 1.29 is 14.6 Å². The number of amides is 1. The zero-order chi connectivity index (χ0) is 15.6. The van der Waals surface area contributed by atoms with E-state index in [4.69, 9.17) is 4.74 Å². The van der Waals surface area contributed by atoms with Gasteiger partial charge in [0.1, 0.15) is 5.60 Å². The largest absolute Gasteiger partial charge is 0.494 e. The number of thiazole rings is 1. The first kappa shape index (κ1) is 15.9.